The molecule has 2 aromatic rings. The Bertz CT molecular complexity index is 825. The van der Waals surface area contributed by atoms with E-state index < -0.39 is 0 Å². The first kappa shape index (κ1) is 21.0. The van der Waals surface area contributed by atoms with Gasteiger partial charge in [-0.25, -0.2) is 0 Å². The maximum Gasteiger partial charge on any atom is 0.270 e. The molecule has 1 aromatic heterocycles. The maximum absolute atomic E-state index is 12.6. The lowest BCUT2D eigenvalue weighted by molar-refractivity contribution is 0.0637. The number of H-pyrrole nitrogens is 1. The summed E-state index contributed by atoms with van der Waals surface area (Å²) in [5.74, 6) is 1.87. The summed E-state index contributed by atoms with van der Waals surface area (Å²) in [5, 5.41) is 0. The van der Waals surface area contributed by atoms with Gasteiger partial charge in [-0.3, -0.25) is 9.69 Å². The monoisotopic (exact) mass is 409 g/mol. The van der Waals surface area contributed by atoms with Gasteiger partial charge in [0.1, 0.15) is 11.4 Å². The summed E-state index contributed by atoms with van der Waals surface area (Å²) >= 11 is 0. The minimum absolute atomic E-state index is 0.140. The highest BCUT2D eigenvalue weighted by atomic mass is 16.5. The molecule has 4 rings (SSSR count). The summed E-state index contributed by atoms with van der Waals surface area (Å²) in [6.45, 7) is 6.33. The van der Waals surface area contributed by atoms with Gasteiger partial charge in [-0.2, -0.15) is 0 Å². The fourth-order valence-corrected chi connectivity index (χ4v) is 5.25. The van der Waals surface area contributed by atoms with E-state index in [-0.39, 0.29) is 5.91 Å². The summed E-state index contributed by atoms with van der Waals surface area (Å²) in [4.78, 5) is 20.4. The Morgan fingerprint density at radius 3 is 2.73 bits per heavy atom. The average Bonchev–Trinajstić information content (AvgIpc) is 3.33. The van der Waals surface area contributed by atoms with Crippen LogP contribution >= 0.6 is 0 Å². The highest BCUT2D eigenvalue weighted by molar-refractivity contribution is 5.92. The molecule has 1 fully saturated rings. The molecular weight excluding hydrogens is 374 g/mol. The molecule has 5 nitrogen and oxygen atoms in total. The lowest BCUT2D eigenvalue weighted by Crippen LogP contribution is -2.46. The third-order valence-corrected chi connectivity index (χ3v) is 6.88. The molecule has 0 spiro atoms. The Morgan fingerprint density at radius 1 is 1.20 bits per heavy atom. The van der Waals surface area contributed by atoms with Crippen LogP contribution in [0.25, 0.3) is 0 Å². The van der Waals surface area contributed by atoms with E-state index in [4.69, 9.17) is 4.74 Å². The second-order valence-electron chi connectivity index (χ2n) is 8.81. The quantitative estimate of drug-likeness (QED) is 0.748. The smallest absolute Gasteiger partial charge is 0.270 e. The van der Waals surface area contributed by atoms with Crippen LogP contribution in [0.2, 0.25) is 0 Å². The predicted molar refractivity (Wildman–Crippen MR) is 120 cm³/mol. The van der Waals surface area contributed by atoms with Crippen LogP contribution in [0.4, 0.5) is 0 Å². The molecule has 0 radical (unpaired) electrons. The van der Waals surface area contributed by atoms with Crippen LogP contribution < -0.4 is 4.74 Å². The number of likely N-dealkylation sites (tertiary alicyclic amines) is 1. The number of nitrogens with one attached hydrogen (secondary N) is 1. The number of hydrogen-bond donors (Lipinski definition) is 1. The number of aromatic amines is 1. The van der Waals surface area contributed by atoms with Gasteiger partial charge >= 0.3 is 0 Å². The van der Waals surface area contributed by atoms with Crippen molar-refractivity contribution in [2.75, 3.05) is 33.3 Å². The normalized spacial score (nSPS) is 19.7. The van der Waals surface area contributed by atoms with Crippen molar-refractivity contribution in [3.05, 3.63) is 53.3 Å². The van der Waals surface area contributed by atoms with Gasteiger partial charge in [0.2, 0.25) is 0 Å². The van der Waals surface area contributed by atoms with E-state index in [0.29, 0.717) is 17.7 Å². The third kappa shape index (κ3) is 4.56. The highest BCUT2D eigenvalue weighted by Gasteiger charge is 2.29. The molecule has 2 aliphatic rings. The van der Waals surface area contributed by atoms with Crippen LogP contribution in [0.5, 0.6) is 5.75 Å². The SMILES string of the molecule is CCCN(CC1CCN(C(=O)c2ccc[nH]2)CC1)[C@@H]1CCc2c(cccc2OC)C1. The van der Waals surface area contributed by atoms with Gasteiger partial charge in [0, 0.05) is 31.9 Å². The first-order valence-electron chi connectivity index (χ1n) is 11.5. The minimum atomic E-state index is 0.140. The van der Waals surface area contributed by atoms with Crippen LogP contribution in [-0.4, -0.2) is 60.0 Å². The predicted octanol–water partition coefficient (Wildman–Crippen LogP) is 4.15. The molecule has 162 valence electrons. The molecule has 1 aliphatic carbocycles. The van der Waals surface area contributed by atoms with Gasteiger partial charge in [-0.05, 0) is 80.3 Å². The molecule has 1 N–H and O–H groups in total. The number of methoxy groups -OCH3 is 1. The van der Waals surface area contributed by atoms with Crippen LogP contribution in [0, 0.1) is 5.92 Å². The molecule has 1 aliphatic heterocycles. The number of ether oxygens (including phenoxy) is 1. The number of amides is 1. The van der Waals surface area contributed by atoms with E-state index in [1.807, 2.05) is 23.2 Å². The molecular formula is C25H35N3O2. The Kier molecular flexibility index (Phi) is 6.78. The van der Waals surface area contributed by atoms with E-state index in [1.54, 1.807) is 7.11 Å². The number of piperidine rings is 1. The fourth-order valence-electron chi connectivity index (χ4n) is 5.25. The Hall–Kier alpha value is -2.27. The number of benzene rings is 1. The molecule has 2 heterocycles. The number of aromatic nitrogens is 1. The summed E-state index contributed by atoms with van der Waals surface area (Å²) < 4.78 is 5.59. The molecule has 30 heavy (non-hydrogen) atoms. The summed E-state index contributed by atoms with van der Waals surface area (Å²) in [6.07, 6.45) is 8.64. The summed E-state index contributed by atoms with van der Waals surface area (Å²) in [5.41, 5.74) is 3.57. The number of fused-ring (bicyclic) bond motifs is 1. The number of carbonyl (C=O) groups excluding carboxylic acids is 1. The highest BCUT2D eigenvalue weighted by Crippen LogP contribution is 2.32. The van der Waals surface area contributed by atoms with Gasteiger partial charge in [-0.15, -0.1) is 0 Å². The number of rotatable bonds is 7. The van der Waals surface area contributed by atoms with Crippen molar-refractivity contribution in [2.45, 2.75) is 51.5 Å². The maximum atomic E-state index is 12.6. The average molecular weight is 410 g/mol. The molecule has 0 unspecified atom stereocenters. The van der Waals surface area contributed by atoms with E-state index in [9.17, 15) is 4.79 Å². The summed E-state index contributed by atoms with van der Waals surface area (Å²) in [7, 11) is 1.78. The van der Waals surface area contributed by atoms with Gasteiger partial charge in [-0.1, -0.05) is 19.1 Å². The lowest BCUT2D eigenvalue weighted by Gasteiger charge is -2.40. The van der Waals surface area contributed by atoms with Crippen molar-refractivity contribution >= 4 is 5.91 Å². The Balaban J connectivity index is 1.35. The number of hydrogen-bond acceptors (Lipinski definition) is 3. The molecule has 5 heteroatoms. The molecule has 1 atom stereocenters. The van der Waals surface area contributed by atoms with Crippen molar-refractivity contribution in [2.24, 2.45) is 5.92 Å². The lowest BCUT2D eigenvalue weighted by atomic mass is 9.86. The van der Waals surface area contributed by atoms with Crippen LogP contribution in [0.15, 0.2) is 36.5 Å². The number of nitrogens with zero attached hydrogens (tertiary/aromatic N) is 2. The van der Waals surface area contributed by atoms with Crippen LogP contribution in [0.1, 0.15) is 54.2 Å². The zero-order chi connectivity index (χ0) is 20.9. The first-order valence-corrected chi connectivity index (χ1v) is 11.5. The minimum Gasteiger partial charge on any atom is -0.496 e. The van der Waals surface area contributed by atoms with Gasteiger partial charge in [0.25, 0.3) is 5.91 Å². The van der Waals surface area contributed by atoms with E-state index in [0.717, 1.165) is 57.6 Å². The largest absolute Gasteiger partial charge is 0.496 e. The van der Waals surface area contributed by atoms with Crippen molar-refractivity contribution in [1.29, 1.82) is 0 Å². The Labute approximate surface area is 180 Å². The van der Waals surface area contributed by atoms with Crippen molar-refractivity contribution in [3.63, 3.8) is 0 Å². The summed E-state index contributed by atoms with van der Waals surface area (Å²) in [6, 6.07) is 10.9. The van der Waals surface area contributed by atoms with E-state index in [2.05, 4.69) is 35.0 Å². The van der Waals surface area contributed by atoms with Gasteiger partial charge in [0.05, 0.1) is 7.11 Å². The van der Waals surface area contributed by atoms with Crippen LogP contribution in [-0.2, 0) is 12.8 Å². The molecule has 0 saturated carbocycles. The molecule has 0 bridgehead atoms. The van der Waals surface area contributed by atoms with Crippen molar-refractivity contribution in [3.8, 4) is 5.75 Å². The second-order valence-corrected chi connectivity index (χ2v) is 8.81. The second kappa shape index (κ2) is 9.69. The van der Waals surface area contributed by atoms with Gasteiger partial charge in [0.15, 0.2) is 0 Å². The van der Waals surface area contributed by atoms with Crippen molar-refractivity contribution in [1.82, 2.24) is 14.8 Å². The standard InChI is InChI=1S/C25H35N3O2/c1-3-14-28(21-9-10-22-20(17-21)6-4-8-24(22)30-2)18-19-11-15-27(16-12-19)25(29)23-7-5-13-26-23/h4-8,13,19,21,26H,3,9-12,14-18H2,1-2H3/t21-/m1/s1. The topological polar surface area (TPSA) is 48.6 Å². The van der Waals surface area contributed by atoms with E-state index >= 15 is 0 Å². The third-order valence-electron chi connectivity index (χ3n) is 6.88. The van der Waals surface area contributed by atoms with Crippen LogP contribution in [0.3, 0.4) is 0 Å². The Morgan fingerprint density at radius 2 is 2.03 bits per heavy atom. The fraction of sp³-hybridized carbons (Fsp3) is 0.560. The molecule has 1 aromatic carbocycles. The first-order chi connectivity index (χ1) is 14.7. The zero-order valence-electron chi connectivity index (χ0n) is 18.4. The van der Waals surface area contributed by atoms with E-state index in [1.165, 1.54) is 24.0 Å². The van der Waals surface area contributed by atoms with Gasteiger partial charge < -0.3 is 14.6 Å². The number of carbonyl (C=O) groups is 1. The zero-order valence-corrected chi connectivity index (χ0v) is 18.4. The molecule has 1 amide bonds. The van der Waals surface area contributed by atoms with Crippen molar-refractivity contribution < 1.29 is 9.53 Å². The molecule has 1 saturated heterocycles.